The number of pyridine rings is 2. The fraction of sp³-hybridized carbons (Fsp3) is 0.235. The predicted molar refractivity (Wildman–Crippen MR) is 93.8 cm³/mol. The number of carbonyl (C=O) groups is 1. The molecule has 0 radical (unpaired) electrons. The summed E-state index contributed by atoms with van der Waals surface area (Å²) in [5, 5.41) is 2.85. The smallest absolute Gasteiger partial charge is 0.275 e. The van der Waals surface area contributed by atoms with Crippen molar-refractivity contribution >= 4 is 33.3 Å². The van der Waals surface area contributed by atoms with Crippen molar-refractivity contribution in [3.05, 3.63) is 58.1 Å². The van der Waals surface area contributed by atoms with E-state index in [4.69, 9.17) is 0 Å². The maximum atomic E-state index is 12.8. The number of amides is 1. The largest absolute Gasteiger partial charge is 0.305 e. The number of aromatic nitrogens is 3. The Balaban J connectivity index is 2.02. The Labute approximate surface area is 142 Å². The summed E-state index contributed by atoms with van der Waals surface area (Å²) in [7, 11) is 0. The highest BCUT2D eigenvalue weighted by Crippen LogP contribution is 2.18. The van der Waals surface area contributed by atoms with Gasteiger partial charge in [0.1, 0.15) is 17.2 Å². The quantitative estimate of drug-likeness (QED) is 0.752. The zero-order chi connectivity index (χ0) is 16.4. The van der Waals surface area contributed by atoms with Crippen LogP contribution in [0.1, 0.15) is 35.1 Å². The topological polar surface area (TPSA) is 59.3 Å². The van der Waals surface area contributed by atoms with Crippen molar-refractivity contribution in [3.8, 4) is 0 Å². The van der Waals surface area contributed by atoms with Crippen LogP contribution in [0, 0.1) is 6.92 Å². The van der Waals surface area contributed by atoms with Crippen LogP contribution in [-0.4, -0.2) is 20.3 Å². The van der Waals surface area contributed by atoms with E-state index in [1.54, 1.807) is 12.3 Å². The molecule has 23 heavy (non-hydrogen) atoms. The van der Waals surface area contributed by atoms with Crippen molar-refractivity contribution in [2.45, 2.75) is 26.7 Å². The SMILES string of the molecule is CCCc1nc2ccc(C)cn2c1C(=O)Nc1ccc(Br)cn1. The molecule has 0 spiro atoms. The molecule has 3 aromatic heterocycles. The van der Waals surface area contributed by atoms with E-state index in [1.807, 2.05) is 35.7 Å². The molecular weight excluding hydrogens is 356 g/mol. The van der Waals surface area contributed by atoms with Gasteiger partial charge in [-0.15, -0.1) is 0 Å². The third-order valence-electron chi connectivity index (χ3n) is 3.51. The van der Waals surface area contributed by atoms with Gasteiger partial charge in [-0.1, -0.05) is 19.4 Å². The van der Waals surface area contributed by atoms with Gasteiger partial charge in [0.25, 0.3) is 5.91 Å². The lowest BCUT2D eigenvalue weighted by molar-refractivity contribution is 0.102. The van der Waals surface area contributed by atoms with E-state index in [1.165, 1.54) is 0 Å². The van der Waals surface area contributed by atoms with Crippen molar-refractivity contribution in [2.24, 2.45) is 0 Å². The summed E-state index contributed by atoms with van der Waals surface area (Å²) in [4.78, 5) is 21.5. The number of nitrogens with zero attached hydrogens (tertiary/aromatic N) is 3. The van der Waals surface area contributed by atoms with Crippen LogP contribution in [-0.2, 0) is 6.42 Å². The molecule has 0 aliphatic rings. The molecule has 0 unspecified atom stereocenters. The summed E-state index contributed by atoms with van der Waals surface area (Å²) in [5.74, 6) is 0.324. The first kappa shape index (κ1) is 15.7. The van der Waals surface area contributed by atoms with Crippen LogP contribution in [0.25, 0.3) is 5.65 Å². The maximum absolute atomic E-state index is 12.8. The molecule has 118 valence electrons. The molecule has 0 aliphatic heterocycles. The van der Waals surface area contributed by atoms with Crippen molar-refractivity contribution in [1.29, 1.82) is 0 Å². The molecular formula is C17H17BrN4O. The van der Waals surface area contributed by atoms with E-state index in [-0.39, 0.29) is 5.91 Å². The molecule has 0 saturated heterocycles. The summed E-state index contributed by atoms with van der Waals surface area (Å²) >= 11 is 3.33. The van der Waals surface area contributed by atoms with Gasteiger partial charge in [0.2, 0.25) is 0 Å². The standard InChI is InChI=1S/C17H17BrN4O/c1-3-4-13-16(22-10-11(2)5-8-15(22)20-13)17(23)21-14-7-6-12(18)9-19-14/h5-10H,3-4H2,1-2H3,(H,19,21,23). The van der Waals surface area contributed by atoms with Crippen LogP contribution in [0.5, 0.6) is 0 Å². The lowest BCUT2D eigenvalue weighted by Crippen LogP contribution is -2.17. The number of nitrogens with one attached hydrogen (secondary N) is 1. The molecule has 3 rings (SSSR count). The molecule has 0 fully saturated rings. The minimum atomic E-state index is -0.193. The van der Waals surface area contributed by atoms with E-state index in [9.17, 15) is 4.79 Å². The molecule has 6 heteroatoms. The molecule has 3 aromatic rings. The van der Waals surface area contributed by atoms with E-state index < -0.39 is 0 Å². The van der Waals surface area contributed by atoms with Gasteiger partial charge in [0.05, 0.1) is 5.69 Å². The van der Waals surface area contributed by atoms with Gasteiger partial charge in [-0.05, 0) is 53.0 Å². The second-order valence-electron chi connectivity index (χ2n) is 5.41. The predicted octanol–water partition coefficient (Wildman–Crippen LogP) is 4.01. The molecule has 0 atom stereocenters. The molecule has 1 amide bonds. The number of halogens is 1. The van der Waals surface area contributed by atoms with Crippen LogP contribution in [0.15, 0.2) is 41.1 Å². The van der Waals surface area contributed by atoms with Crippen LogP contribution in [0.2, 0.25) is 0 Å². The van der Waals surface area contributed by atoms with E-state index in [2.05, 4.69) is 38.1 Å². The molecule has 0 aromatic carbocycles. The van der Waals surface area contributed by atoms with E-state index >= 15 is 0 Å². The molecule has 0 saturated carbocycles. The van der Waals surface area contributed by atoms with E-state index in [0.717, 1.165) is 34.2 Å². The van der Waals surface area contributed by atoms with Crippen LogP contribution in [0.3, 0.4) is 0 Å². The minimum absolute atomic E-state index is 0.193. The van der Waals surface area contributed by atoms with Gasteiger partial charge in [0.15, 0.2) is 0 Å². The minimum Gasteiger partial charge on any atom is -0.305 e. The van der Waals surface area contributed by atoms with Crippen LogP contribution in [0.4, 0.5) is 5.82 Å². The summed E-state index contributed by atoms with van der Waals surface area (Å²) in [5.41, 5.74) is 3.25. The Hall–Kier alpha value is -2.21. The first-order chi connectivity index (χ1) is 11.1. The third kappa shape index (κ3) is 3.27. The Bertz CT molecular complexity index is 855. The number of anilines is 1. The highest BCUT2D eigenvalue weighted by molar-refractivity contribution is 9.10. The monoisotopic (exact) mass is 372 g/mol. The summed E-state index contributed by atoms with van der Waals surface area (Å²) in [6, 6.07) is 7.53. The number of fused-ring (bicyclic) bond motifs is 1. The average molecular weight is 373 g/mol. The zero-order valence-electron chi connectivity index (χ0n) is 13.0. The number of carbonyl (C=O) groups excluding carboxylic acids is 1. The Morgan fingerprint density at radius 1 is 1.30 bits per heavy atom. The number of imidazole rings is 1. The fourth-order valence-electron chi connectivity index (χ4n) is 2.48. The molecule has 5 nitrogen and oxygen atoms in total. The maximum Gasteiger partial charge on any atom is 0.275 e. The van der Waals surface area contributed by atoms with Gasteiger partial charge < -0.3 is 5.32 Å². The molecule has 0 bridgehead atoms. The van der Waals surface area contributed by atoms with Gasteiger partial charge in [0, 0.05) is 16.9 Å². The molecule has 3 heterocycles. The zero-order valence-corrected chi connectivity index (χ0v) is 14.6. The number of aryl methyl sites for hydroxylation is 2. The number of hydrogen-bond acceptors (Lipinski definition) is 3. The van der Waals surface area contributed by atoms with Crippen molar-refractivity contribution < 1.29 is 4.79 Å². The number of rotatable bonds is 4. The van der Waals surface area contributed by atoms with E-state index in [0.29, 0.717) is 11.5 Å². The van der Waals surface area contributed by atoms with Crippen molar-refractivity contribution in [1.82, 2.24) is 14.4 Å². The second kappa shape index (κ2) is 6.50. The second-order valence-corrected chi connectivity index (χ2v) is 6.32. The average Bonchev–Trinajstić information content (AvgIpc) is 2.87. The van der Waals surface area contributed by atoms with Gasteiger partial charge in [-0.2, -0.15) is 0 Å². The van der Waals surface area contributed by atoms with Crippen LogP contribution >= 0.6 is 15.9 Å². The fourth-order valence-corrected chi connectivity index (χ4v) is 2.71. The number of hydrogen-bond donors (Lipinski definition) is 1. The summed E-state index contributed by atoms with van der Waals surface area (Å²) in [6.45, 7) is 4.07. The van der Waals surface area contributed by atoms with Gasteiger partial charge in [-0.25, -0.2) is 9.97 Å². The van der Waals surface area contributed by atoms with Gasteiger partial charge >= 0.3 is 0 Å². The van der Waals surface area contributed by atoms with Crippen molar-refractivity contribution in [3.63, 3.8) is 0 Å². The van der Waals surface area contributed by atoms with Crippen LogP contribution < -0.4 is 5.32 Å². The lowest BCUT2D eigenvalue weighted by Gasteiger charge is -2.07. The summed E-state index contributed by atoms with van der Waals surface area (Å²) in [6.07, 6.45) is 5.28. The molecule has 0 aliphatic carbocycles. The molecule has 1 N–H and O–H groups in total. The Kier molecular flexibility index (Phi) is 4.43. The Morgan fingerprint density at radius 3 is 2.83 bits per heavy atom. The van der Waals surface area contributed by atoms with Crippen molar-refractivity contribution in [2.75, 3.05) is 5.32 Å². The third-order valence-corrected chi connectivity index (χ3v) is 3.98. The van der Waals surface area contributed by atoms with Gasteiger partial charge in [-0.3, -0.25) is 9.20 Å². The highest BCUT2D eigenvalue weighted by atomic mass is 79.9. The lowest BCUT2D eigenvalue weighted by atomic mass is 10.2. The highest BCUT2D eigenvalue weighted by Gasteiger charge is 2.19. The first-order valence-corrected chi connectivity index (χ1v) is 8.28. The summed E-state index contributed by atoms with van der Waals surface area (Å²) < 4.78 is 2.72. The first-order valence-electron chi connectivity index (χ1n) is 7.49. The normalized spacial score (nSPS) is 10.9. The Morgan fingerprint density at radius 2 is 2.13 bits per heavy atom.